The van der Waals surface area contributed by atoms with Crippen LogP contribution in [0.25, 0.3) is 11.2 Å². The summed E-state index contributed by atoms with van der Waals surface area (Å²) in [5.74, 6) is 0.883. The first-order chi connectivity index (χ1) is 11.7. The number of hydrogen-bond donors (Lipinski definition) is 2. The van der Waals surface area contributed by atoms with E-state index in [9.17, 15) is 10.2 Å². The number of anilines is 1. The van der Waals surface area contributed by atoms with E-state index in [2.05, 4.69) is 19.9 Å². The lowest BCUT2D eigenvalue weighted by Gasteiger charge is -2.67. The minimum atomic E-state index is -0.411. The molecule has 2 aliphatic carbocycles. The highest BCUT2D eigenvalue weighted by atomic mass is 16.3. The van der Waals surface area contributed by atoms with Crippen LogP contribution in [-0.2, 0) is 0 Å². The maximum absolute atomic E-state index is 9.42. The molecule has 0 bridgehead atoms. The van der Waals surface area contributed by atoms with Crippen molar-refractivity contribution in [2.24, 2.45) is 10.8 Å². The Hall–Kier alpha value is -1.73. The molecule has 0 atom stereocenters. The molecular weight excluding hydrogens is 306 g/mol. The van der Waals surface area contributed by atoms with Crippen LogP contribution in [-0.4, -0.2) is 56.0 Å². The van der Waals surface area contributed by atoms with Crippen molar-refractivity contribution in [3.8, 4) is 0 Å². The number of fused-ring (bicyclic) bond motifs is 1. The zero-order chi connectivity index (χ0) is 16.4. The van der Waals surface area contributed by atoms with Gasteiger partial charge in [0.25, 0.3) is 0 Å². The molecule has 3 fully saturated rings. The Balaban J connectivity index is 1.39. The van der Waals surface area contributed by atoms with Gasteiger partial charge in [0.1, 0.15) is 6.33 Å². The smallest absolute Gasteiger partial charge is 0.165 e. The van der Waals surface area contributed by atoms with Crippen molar-refractivity contribution >= 4 is 17.0 Å². The molecule has 2 spiro atoms. The van der Waals surface area contributed by atoms with Crippen LogP contribution in [0.2, 0.25) is 0 Å². The Morgan fingerprint density at radius 1 is 1.04 bits per heavy atom. The third-order valence-electron chi connectivity index (χ3n) is 6.42. The number of aliphatic hydroxyl groups is 2. The molecule has 0 amide bonds. The molecule has 2 aromatic rings. The number of rotatable bonds is 4. The first-order valence-electron chi connectivity index (χ1n) is 8.82. The highest BCUT2D eigenvalue weighted by Crippen LogP contribution is 2.67. The normalized spacial score (nSPS) is 23.5. The maximum Gasteiger partial charge on any atom is 0.165 e. The maximum atomic E-state index is 9.42. The average molecular weight is 329 g/mol. The van der Waals surface area contributed by atoms with E-state index in [-0.39, 0.29) is 13.2 Å². The summed E-state index contributed by atoms with van der Waals surface area (Å²) in [6, 6.07) is -0.411. The van der Waals surface area contributed by atoms with Crippen LogP contribution >= 0.6 is 0 Å². The highest BCUT2D eigenvalue weighted by molar-refractivity contribution is 5.84. The van der Waals surface area contributed by atoms with Gasteiger partial charge in [-0.1, -0.05) is 6.42 Å². The van der Waals surface area contributed by atoms with Gasteiger partial charge in [-0.2, -0.15) is 0 Å². The lowest BCUT2D eigenvalue weighted by Crippen LogP contribution is -2.67. The standard InChI is InChI=1S/C17H23N5O2/c23-4-12(5-24)22-11-20-13-14(18-10-19-15(13)22)21-8-17(9-21)6-16(7-17)2-1-3-16/h10-12,23-24H,1-9H2. The third kappa shape index (κ3) is 1.88. The molecule has 0 radical (unpaired) electrons. The van der Waals surface area contributed by atoms with Gasteiger partial charge in [0.15, 0.2) is 17.0 Å². The number of imidazole rings is 1. The molecule has 7 heteroatoms. The summed E-state index contributed by atoms with van der Waals surface area (Å²) in [5.41, 5.74) is 2.65. The van der Waals surface area contributed by atoms with Crippen molar-refractivity contribution in [1.29, 1.82) is 0 Å². The second-order valence-electron chi connectivity index (χ2n) is 8.10. The van der Waals surface area contributed by atoms with Gasteiger partial charge in [0.05, 0.1) is 25.6 Å². The van der Waals surface area contributed by atoms with Crippen LogP contribution < -0.4 is 4.90 Å². The molecule has 3 aliphatic rings. The third-order valence-corrected chi connectivity index (χ3v) is 6.42. The Labute approximate surface area is 140 Å². The molecule has 5 rings (SSSR count). The summed E-state index contributed by atoms with van der Waals surface area (Å²) in [7, 11) is 0. The Morgan fingerprint density at radius 2 is 1.79 bits per heavy atom. The average Bonchev–Trinajstić information content (AvgIpc) is 2.89. The van der Waals surface area contributed by atoms with Gasteiger partial charge in [0, 0.05) is 18.5 Å². The van der Waals surface area contributed by atoms with Gasteiger partial charge in [0.2, 0.25) is 0 Å². The van der Waals surface area contributed by atoms with Gasteiger partial charge < -0.3 is 19.7 Å². The summed E-state index contributed by atoms with van der Waals surface area (Å²) < 4.78 is 1.74. The second-order valence-corrected chi connectivity index (χ2v) is 8.10. The minimum absolute atomic E-state index is 0.143. The van der Waals surface area contributed by atoms with Crippen LogP contribution in [0.3, 0.4) is 0 Å². The molecule has 128 valence electrons. The van der Waals surface area contributed by atoms with Gasteiger partial charge in [-0.25, -0.2) is 15.0 Å². The fraction of sp³-hybridized carbons (Fsp3) is 0.706. The number of nitrogens with zero attached hydrogens (tertiary/aromatic N) is 5. The lowest BCUT2D eigenvalue weighted by molar-refractivity contribution is -0.111. The van der Waals surface area contributed by atoms with E-state index in [1.807, 2.05) is 0 Å². The van der Waals surface area contributed by atoms with Crippen molar-refractivity contribution in [3.63, 3.8) is 0 Å². The van der Waals surface area contributed by atoms with Crippen molar-refractivity contribution in [1.82, 2.24) is 19.5 Å². The monoisotopic (exact) mass is 329 g/mol. The molecule has 2 saturated carbocycles. The van der Waals surface area contributed by atoms with Gasteiger partial charge in [-0.3, -0.25) is 0 Å². The lowest BCUT2D eigenvalue weighted by atomic mass is 9.43. The molecule has 2 aromatic heterocycles. The van der Waals surface area contributed by atoms with E-state index in [0.29, 0.717) is 16.5 Å². The molecule has 7 nitrogen and oxygen atoms in total. The van der Waals surface area contributed by atoms with E-state index < -0.39 is 6.04 Å². The number of hydrogen-bond acceptors (Lipinski definition) is 6. The summed E-state index contributed by atoms with van der Waals surface area (Å²) in [4.78, 5) is 15.5. The quantitative estimate of drug-likeness (QED) is 0.874. The van der Waals surface area contributed by atoms with Gasteiger partial charge in [-0.05, 0) is 31.1 Å². The predicted octanol–water partition coefficient (Wildman–Crippen LogP) is 1.12. The molecule has 2 N–H and O–H groups in total. The summed E-state index contributed by atoms with van der Waals surface area (Å²) in [6.45, 7) is 1.85. The van der Waals surface area contributed by atoms with E-state index in [4.69, 9.17) is 0 Å². The van der Waals surface area contributed by atoms with E-state index in [0.717, 1.165) is 24.4 Å². The van der Waals surface area contributed by atoms with E-state index >= 15 is 0 Å². The zero-order valence-electron chi connectivity index (χ0n) is 13.7. The second kappa shape index (κ2) is 4.89. The first kappa shape index (κ1) is 14.6. The van der Waals surface area contributed by atoms with Gasteiger partial charge in [-0.15, -0.1) is 0 Å². The number of aromatic nitrogens is 4. The van der Waals surface area contributed by atoms with E-state index in [1.165, 1.54) is 32.1 Å². The SMILES string of the molecule is OCC(CO)n1cnc2c(N3CC4(C3)CC3(CCC3)C4)ncnc21. The largest absolute Gasteiger partial charge is 0.394 e. The summed E-state index contributed by atoms with van der Waals surface area (Å²) in [5, 5.41) is 18.8. The van der Waals surface area contributed by atoms with Gasteiger partial charge >= 0.3 is 0 Å². The molecular formula is C17H23N5O2. The summed E-state index contributed by atoms with van der Waals surface area (Å²) >= 11 is 0. The molecule has 0 aromatic carbocycles. The number of aliphatic hydroxyl groups excluding tert-OH is 2. The van der Waals surface area contributed by atoms with Crippen LogP contribution in [0.4, 0.5) is 5.82 Å². The van der Waals surface area contributed by atoms with Crippen LogP contribution in [0.5, 0.6) is 0 Å². The molecule has 1 aliphatic heterocycles. The van der Waals surface area contributed by atoms with E-state index in [1.54, 1.807) is 17.2 Å². The topological polar surface area (TPSA) is 87.3 Å². The predicted molar refractivity (Wildman–Crippen MR) is 88.7 cm³/mol. The first-order valence-corrected chi connectivity index (χ1v) is 8.82. The fourth-order valence-electron chi connectivity index (χ4n) is 5.28. The van der Waals surface area contributed by atoms with Crippen molar-refractivity contribution in [3.05, 3.63) is 12.7 Å². The van der Waals surface area contributed by atoms with Crippen molar-refractivity contribution in [2.45, 2.75) is 38.1 Å². The minimum Gasteiger partial charge on any atom is -0.394 e. The van der Waals surface area contributed by atoms with Crippen molar-refractivity contribution in [2.75, 3.05) is 31.2 Å². The Kier molecular flexibility index (Phi) is 2.98. The fourth-order valence-corrected chi connectivity index (χ4v) is 5.28. The van der Waals surface area contributed by atoms with Crippen molar-refractivity contribution < 1.29 is 10.2 Å². The molecule has 0 unspecified atom stereocenters. The Bertz CT molecular complexity index is 764. The van der Waals surface area contributed by atoms with Crippen LogP contribution in [0, 0.1) is 10.8 Å². The zero-order valence-corrected chi connectivity index (χ0v) is 13.7. The Morgan fingerprint density at radius 3 is 2.42 bits per heavy atom. The summed E-state index contributed by atoms with van der Waals surface area (Å²) in [6.07, 6.45) is 10.2. The highest BCUT2D eigenvalue weighted by Gasteiger charge is 2.61. The molecule has 24 heavy (non-hydrogen) atoms. The van der Waals surface area contributed by atoms with Crippen LogP contribution in [0.1, 0.15) is 38.1 Å². The molecule has 1 saturated heterocycles. The molecule has 3 heterocycles. The van der Waals surface area contributed by atoms with Crippen LogP contribution in [0.15, 0.2) is 12.7 Å².